The molecular weight excluding hydrogens is 298 g/mol. The molecule has 0 unspecified atom stereocenters. The number of urea groups is 1. The first kappa shape index (κ1) is 16.4. The Morgan fingerprint density at radius 1 is 1.17 bits per heavy atom. The minimum Gasteiger partial charge on any atom is -0.497 e. The van der Waals surface area contributed by atoms with Crippen LogP contribution in [-0.4, -0.2) is 31.0 Å². The monoisotopic (exact) mass is 317 g/mol. The molecule has 7 nitrogen and oxygen atoms in total. The highest BCUT2D eigenvalue weighted by atomic mass is 16.5. The summed E-state index contributed by atoms with van der Waals surface area (Å²) in [5.41, 5.74) is 6.03. The van der Waals surface area contributed by atoms with Gasteiger partial charge in [0.15, 0.2) is 0 Å². The molecule has 2 rings (SSSR count). The van der Waals surface area contributed by atoms with Crippen LogP contribution in [0.15, 0.2) is 41.0 Å². The van der Waals surface area contributed by atoms with Crippen molar-refractivity contribution in [1.82, 2.24) is 15.8 Å². The van der Waals surface area contributed by atoms with Gasteiger partial charge in [-0.1, -0.05) is 12.1 Å². The summed E-state index contributed by atoms with van der Waals surface area (Å²) in [6, 6.07) is 8.51. The normalized spacial score (nSPS) is 10.0. The van der Waals surface area contributed by atoms with Crippen LogP contribution in [0.25, 0.3) is 0 Å². The van der Waals surface area contributed by atoms with Gasteiger partial charge in [0.1, 0.15) is 11.5 Å². The first-order valence-electron chi connectivity index (χ1n) is 6.99. The summed E-state index contributed by atoms with van der Waals surface area (Å²) in [5.74, 6) is 0.814. The summed E-state index contributed by atoms with van der Waals surface area (Å²) in [6.45, 7) is 2.07. The van der Waals surface area contributed by atoms with E-state index in [1.807, 2.05) is 24.3 Å². The Morgan fingerprint density at radius 3 is 2.43 bits per heavy atom. The molecule has 1 aromatic heterocycles. The van der Waals surface area contributed by atoms with Gasteiger partial charge in [-0.15, -0.1) is 0 Å². The van der Waals surface area contributed by atoms with Crippen LogP contribution in [0.4, 0.5) is 4.79 Å². The molecule has 2 aromatic rings. The fourth-order valence-corrected chi connectivity index (χ4v) is 1.97. The van der Waals surface area contributed by atoms with E-state index in [9.17, 15) is 9.59 Å². The maximum Gasteiger partial charge on any atom is 0.336 e. The second kappa shape index (κ2) is 7.35. The van der Waals surface area contributed by atoms with Crippen molar-refractivity contribution in [2.24, 2.45) is 0 Å². The van der Waals surface area contributed by atoms with Gasteiger partial charge in [-0.25, -0.2) is 10.2 Å². The average Bonchev–Trinajstić information content (AvgIpc) is 2.99. The van der Waals surface area contributed by atoms with Crippen molar-refractivity contribution in [1.29, 1.82) is 0 Å². The molecule has 0 aliphatic rings. The molecule has 0 saturated heterocycles. The zero-order valence-electron chi connectivity index (χ0n) is 13.3. The Balaban J connectivity index is 1.85. The third kappa shape index (κ3) is 4.26. The molecule has 0 aliphatic carbocycles. The lowest BCUT2D eigenvalue weighted by Gasteiger charge is -2.18. The van der Waals surface area contributed by atoms with Gasteiger partial charge in [0.25, 0.3) is 5.91 Å². The van der Waals surface area contributed by atoms with Crippen molar-refractivity contribution in [3.63, 3.8) is 0 Å². The minimum absolute atomic E-state index is 0.378. The van der Waals surface area contributed by atoms with Crippen molar-refractivity contribution in [3.05, 3.63) is 53.5 Å². The molecule has 0 spiro atoms. The molecule has 0 fully saturated rings. The van der Waals surface area contributed by atoms with Gasteiger partial charge in [0.2, 0.25) is 0 Å². The predicted molar refractivity (Wildman–Crippen MR) is 83.9 cm³/mol. The molecule has 0 aliphatic heterocycles. The maximum absolute atomic E-state index is 12.0. The summed E-state index contributed by atoms with van der Waals surface area (Å²) in [4.78, 5) is 25.3. The lowest BCUT2D eigenvalue weighted by molar-refractivity contribution is 0.0929. The predicted octanol–water partition coefficient (Wildman–Crippen LogP) is 2.08. The van der Waals surface area contributed by atoms with E-state index in [0.717, 1.165) is 11.3 Å². The SMILES string of the molecule is COc1ccc(CN(C)C(=O)NNC(=O)c2ccoc2C)cc1. The number of hydrogen-bond donors (Lipinski definition) is 2. The fourth-order valence-electron chi connectivity index (χ4n) is 1.97. The smallest absolute Gasteiger partial charge is 0.336 e. The molecule has 1 aromatic carbocycles. The number of hydrazine groups is 1. The number of nitrogens with zero attached hydrogens (tertiary/aromatic N) is 1. The van der Waals surface area contributed by atoms with Crippen molar-refractivity contribution in [2.45, 2.75) is 13.5 Å². The number of carbonyl (C=O) groups is 2. The third-order valence-corrected chi connectivity index (χ3v) is 3.31. The number of carbonyl (C=O) groups excluding carboxylic acids is 2. The van der Waals surface area contributed by atoms with Crippen LogP contribution >= 0.6 is 0 Å². The van der Waals surface area contributed by atoms with Crippen molar-refractivity contribution < 1.29 is 18.7 Å². The summed E-state index contributed by atoms with van der Waals surface area (Å²) >= 11 is 0. The average molecular weight is 317 g/mol. The van der Waals surface area contributed by atoms with E-state index < -0.39 is 11.9 Å². The number of aryl methyl sites for hydroxylation is 1. The van der Waals surface area contributed by atoms with E-state index in [-0.39, 0.29) is 0 Å². The molecule has 0 bridgehead atoms. The number of amides is 3. The van der Waals surface area contributed by atoms with E-state index in [0.29, 0.717) is 17.9 Å². The highest BCUT2D eigenvalue weighted by Gasteiger charge is 2.14. The van der Waals surface area contributed by atoms with Crippen LogP contribution in [-0.2, 0) is 6.54 Å². The molecule has 122 valence electrons. The van der Waals surface area contributed by atoms with E-state index in [4.69, 9.17) is 9.15 Å². The number of methoxy groups -OCH3 is 1. The van der Waals surface area contributed by atoms with E-state index in [1.165, 1.54) is 17.2 Å². The van der Waals surface area contributed by atoms with Gasteiger partial charge in [-0.2, -0.15) is 0 Å². The van der Waals surface area contributed by atoms with Crippen LogP contribution < -0.4 is 15.6 Å². The third-order valence-electron chi connectivity index (χ3n) is 3.31. The standard InChI is InChI=1S/C16H19N3O4/c1-11-14(8-9-23-11)15(20)17-18-16(21)19(2)10-12-4-6-13(22-3)7-5-12/h4-9H,10H2,1-3H3,(H,17,20)(H,18,21). The highest BCUT2D eigenvalue weighted by Crippen LogP contribution is 2.12. The summed E-state index contributed by atoms with van der Waals surface area (Å²) in [6.07, 6.45) is 1.42. The molecular formula is C16H19N3O4. The van der Waals surface area contributed by atoms with Gasteiger partial charge >= 0.3 is 6.03 Å². The largest absolute Gasteiger partial charge is 0.497 e. The summed E-state index contributed by atoms with van der Waals surface area (Å²) < 4.78 is 10.1. The van der Waals surface area contributed by atoms with Crippen LogP contribution in [0, 0.1) is 6.92 Å². The fraction of sp³-hybridized carbons (Fsp3) is 0.250. The second-order valence-corrected chi connectivity index (χ2v) is 4.98. The Hall–Kier alpha value is -2.96. The Bertz CT molecular complexity index is 679. The first-order chi connectivity index (χ1) is 11.0. The molecule has 23 heavy (non-hydrogen) atoms. The molecule has 0 saturated carbocycles. The van der Waals surface area contributed by atoms with Gasteiger partial charge < -0.3 is 14.1 Å². The zero-order chi connectivity index (χ0) is 16.8. The lowest BCUT2D eigenvalue weighted by Crippen LogP contribution is -2.47. The number of benzene rings is 1. The van der Waals surface area contributed by atoms with Crippen molar-refractivity contribution in [2.75, 3.05) is 14.2 Å². The van der Waals surface area contributed by atoms with Gasteiger partial charge in [0, 0.05) is 13.6 Å². The van der Waals surface area contributed by atoms with E-state index in [1.54, 1.807) is 21.1 Å². The minimum atomic E-state index is -0.428. The first-order valence-corrected chi connectivity index (χ1v) is 6.99. The number of ether oxygens (including phenoxy) is 1. The van der Waals surface area contributed by atoms with Crippen LogP contribution in [0.3, 0.4) is 0 Å². The molecule has 2 N–H and O–H groups in total. The topological polar surface area (TPSA) is 83.8 Å². The molecule has 0 radical (unpaired) electrons. The van der Waals surface area contributed by atoms with Crippen molar-refractivity contribution >= 4 is 11.9 Å². The van der Waals surface area contributed by atoms with Crippen LogP contribution in [0.2, 0.25) is 0 Å². The maximum atomic E-state index is 12.0. The molecule has 3 amide bonds. The van der Waals surface area contributed by atoms with E-state index >= 15 is 0 Å². The Morgan fingerprint density at radius 2 is 1.87 bits per heavy atom. The molecule has 0 atom stereocenters. The second-order valence-electron chi connectivity index (χ2n) is 4.98. The van der Waals surface area contributed by atoms with Crippen LogP contribution in [0.1, 0.15) is 21.7 Å². The Labute approximate surface area is 134 Å². The molecule has 7 heteroatoms. The summed E-state index contributed by atoms with van der Waals surface area (Å²) in [7, 11) is 3.23. The van der Waals surface area contributed by atoms with Crippen LogP contribution in [0.5, 0.6) is 5.75 Å². The highest BCUT2D eigenvalue weighted by molar-refractivity contribution is 5.95. The zero-order valence-corrected chi connectivity index (χ0v) is 13.3. The lowest BCUT2D eigenvalue weighted by atomic mass is 10.2. The number of furan rings is 1. The quantitative estimate of drug-likeness (QED) is 0.846. The Kier molecular flexibility index (Phi) is 5.24. The van der Waals surface area contributed by atoms with Gasteiger partial charge in [-0.05, 0) is 30.7 Å². The number of nitrogens with one attached hydrogen (secondary N) is 2. The number of hydrogen-bond acceptors (Lipinski definition) is 4. The summed E-state index contributed by atoms with van der Waals surface area (Å²) in [5, 5.41) is 0. The van der Waals surface area contributed by atoms with E-state index in [2.05, 4.69) is 10.9 Å². The number of rotatable bonds is 4. The van der Waals surface area contributed by atoms with Crippen molar-refractivity contribution in [3.8, 4) is 5.75 Å². The van der Waals surface area contributed by atoms with Gasteiger partial charge in [0.05, 0.1) is 18.9 Å². The van der Waals surface area contributed by atoms with Gasteiger partial charge in [-0.3, -0.25) is 10.2 Å². The molecule has 1 heterocycles.